The molecule has 3 aromatic heterocycles. The van der Waals surface area contributed by atoms with Gasteiger partial charge in [-0.05, 0) is 30.0 Å². The van der Waals surface area contributed by atoms with Crippen LogP contribution in [0.15, 0.2) is 30.6 Å². The molecule has 0 saturated carbocycles. The number of rotatable bonds is 5. The zero-order valence-corrected chi connectivity index (χ0v) is 17.2. The van der Waals surface area contributed by atoms with Crippen molar-refractivity contribution in [1.82, 2.24) is 29.9 Å². The molecule has 1 saturated heterocycles. The summed E-state index contributed by atoms with van der Waals surface area (Å²) in [6, 6.07) is 5.84. The number of methoxy groups -OCH3 is 1. The standard InChI is InChI=1S/C21H26N6O2/c1-13(2)17-9-19(25-24-17)21(28)27-6-5-14(12-27)18-7-15(8-20(23-18)29-4)16-10-22-26(3)11-16/h7-11,13-14H,5-6,12H2,1-4H3,(H,24,25)/t14-/m1/s1. The molecule has 1 amide bonds. The van der Waals surface area contributed by atoms with Crippen LogP contribution in [0.25, 0.3) is 11.1 Å². The Kier molecular flexibility index (Phi) is 5.08. The number of carbonyl (C=O) groups excluding carboxylic acids is 1. The molecule has 29 heavy (non-hydrogen) atoms. The summed E-state index contributed by atoms with van der Waals surface area (Å²) in [5, 5.41) is 11.4. The molecule has 1 aliphatic heterocycles. The van der Waals surface area contributed by atoms with Crippen LogP contribution in [-0.2, 0) is 7.05 Å². The maximum Gasteiger partial charge on any atom is 0.271 e. The van der Waals surface area contributed by atoms with Crippen LogP contribution in [0, 0.1) is 0 Å². The lowest BCUT2D eigenvalue weighted by Crippen LogP contribution is -2.28. The van der Waals surface area contributed by atoms with Crippen molar-refractivity contribution in [3.63, 3.8) is 0 Å². The van der Waals surface area contributed by atoms with Gasteiger partial charge in [-0.3, -0.25) is 14.6 Å². The summed E-state index contributed by atoms with van der Waals surface area (Å²) in [6.07, 6.45) is 4.66. The first-order chi connectivity index (χ1) is 13.9. The van der Waals surface area contributed by atoms with Crippen molar-refractivity contribution in [2.24, 2.45) is 7.05 Å². The normalized spacial score (nSPS) is 16.6. The van der Waals surface area contributed by atoms with Crippen LogP contribution in [0.2, 0.25) is 0 Å². The average Bonchev–Trinajstić information content (AvgIpc) is 3.47. The van der Waals surface area contributed by atoms with E-state index in [1.807, 2.05) is 36.5 Å². The smallest absolute Gasteiger partial charge is 0.271 e. The largest absolute Gasteiger partial charge is 0.481 e. The van der Waals surface area contributed by atoms with E-state index in [2.05, 4.69) is 40.2 Å². The van der Waals surface area contributed by atoms with Gasteiger partial charge in [-0.2, -0.15) is 10.2 Å². The third-order valence-corrected chi connectivity index (χ3v) is 5.38. The van der Waals surface area contributed by atoms with Gasteiger partial charge in [0, 0.05) is 49.6 Å². The molecule has 0 spiro atoms. The van der Waals surface area contributed by atoms with Crippen molar-refractivity contribution < 1.29 is 9.53 Å². The number of aromatic amines is 1. The molecule has 4 heterocycles. The maximum absolute atomic E-state index is 12.9. The van der Waals surface area contributed by atoms with Gasteiger partial charge in [0.15, 0.2) is 0 Å². The number of nitrogens with zero attached hydrogens (tertiary/aromatic N) is 5. The predicted octanol–water partition coefficient (Wildman–Crippen LogP) is 2.97. The Hall–Kier alpha value is -3.16. The van der Waals surface area contributed by atoms with E-state index < -0.39 is 0 Å². The number of likely N-dealkylation sites (tertiary alicyclic amines) is 1. The number of aromatic nitrogens is 5. The molecule has 0 radical (unpaired) electrons. The van der Waals surface area contributed by atoms with Crippen LogP contribution in [0.4, 0.5) is 0 Å². The Balaban J connectivity index is 1.54. The quantitative estimate of drug-likeness (QED) is 0.719. The van der Waals surface area contributed by atoms with Gasteiger partial charge in [-0.1, -0.05) is 13.8 Å². The lowest BCUT2D eigenvalue weighted by molar-refractivity contribution is 0.0785. The van der Waals surface area contributed by atoms with Crippen molar-refractivity contribution >= 4 is 5.91 Å². The third kappa shape index (κ3) is 3.87. The van der Waals surface area contributed by atoms with Gasteiger partial charge in [0.25, 0.3) is 5.91 Å². The molecule has 1 N–H and O–H groups in total. The fourth-order valence-electron chi connectivity index (χ4n) is 3.68. The number of pyridine rings is 1. The second kappa shape index (κ2) is 7.69. The van der Waals surface area contributed by atoms with Crippen LogP contribution in [-0.4, -0.2) is 56.0 Å². The summed E-state index contributed by atoms with van der Waals surface area (Å²) < 4.78 is 7.19. The second-order valence-corrected chi connectivity index (χ2v) is 7.82. The highest BCUT2D eigenvalue weighted by molar-refractivity contribution is 5.92. The van der Waals surface area contributed by atoms with E-state index in [0.29, 0.717) is 24.7 Å². The van der Waals surface area contributed by atoms with Gasteiger partial charge in [0.1, 0.15) is 5.69 Å². The first-order valence-electron chi connectivity index (χ1n) is 9.84. The van der Waals surface area contributed by atoms with E-state index in [1.165, 1.54) is 0 Å². The molecule has 8 nitrogen and oxygen atoms in total. The Morgan fingerprint density at radius 2 is 2.10 bits per heavy atom. The molecule has 1 atom stereocenters. The molecule has 0 aliphatic carbocycles. The molecule has 0 bridgehead atoms. The van der Waals surface area contributed by atoms with Crippen LogP contribution in [0.5, 0.6) is 5.88 Å². The number of carbonyl (C=O) groups is 1. The Labute approximate surface area is 169 Å². The lowest BCUT2D eigenvalue weighted by Gasteiger charge is -2.16. The number of hydrogen-bond donors (Lipinski definition) is 1. The van der Waals surface area contributed by atoms with Gasteiger partial charge in [-0.25, -0.2) is 4.98 Å². The molecule has 8 heteroatoms. The van der Waals surface area contributed by atoms with Crippen molar-refractivity contribution in [1.29, 1.82) is 0 Å². The summed E-state index contributed by atoms with van der Waals surface area (Å²) in [4.78, 5) is 19.4. The van der Waals surface area contributed by atoms with Crippen LogP contribution in [0.1, 0.15) is 54.0 Å². The zero-order valence-electron chi connectivity index (χ0n) is 17.2. The molecule has 1 aliphatic rings. The number of amides is 1. The Bertz CT molecular complexity index is 1020. The lowest BCUT2D eigenvalue weighted by atomic mass is 10.0. The monoisotopic (exact) mass is 394 g/mol. The van der Waals surface area contributed by atoms with E-state index >= 15 is 0 Å². The average molecular weight is 394 g/mol. The number of H-pyrrole nitrogens is 1. The molecule has 3 aromatic rings. The molecule has 1 fully saturated rings. The van der Waals surface area contributed by atoms with Crippen LogP contribution < -0.4 is 4.74 Å². The van der Waals surface area contributed by atoms with Gasteiger partial charge >= 0.3 is 0 Å². The summed E-state index contributed by atoms with van der Waals surface area (Å²) in [5.74, 6) is 1.01. The van der Waals surface area contributed by atoms with E-state index in [1.54, 1.807) is 11.8 Å². The highest BCUT2D eigenvalue weighted by Crippen LogP contribution is 2.32. The summed E-state index contributed by atoms with van der Waals surface area (Å²) in [5.41, 5.74) is 4.41. The Morgan fingerprint density at radius 3 is 2.76 bits per heavy atom. The molecule has 4 rings (SSSR count). The number of aryl methyl sites for hydroxylation is 1. The predicted molar refractivity (Wildman–Crippen MR) is 109 cm³/mol. The van der Waals surface area contributed by atoms with Gasteiger partial charge in [0.2, 0.25) is 5.88 Å². The number of ether oxygens (including phenoxy) is 1. The minimum absolute atomic E-state index is 0.0118. The molecule has 0 unspecified atom stereocenters. The molecular weight excluding hydrogens is 368 g/mol. The van der Waals surface area contributed by atoms with Crippen molar-refractivity contribution in [2.45, 2.75) is 32.1 Å². The fraction of sp³-hybridized carbons (Fsp3) is 0.429. The maximum atomic E-state index is 12.9. The van der Waals surface area contributed by atoms with Gasteiger partial charge in [0.05, 0.1) is 19.0 Å². The van der Waals surface area contributed by atoms with Crippen molar-refractivity contribution in [3.8, 4) is 17.0 Å². The van der Waals surface area contributed by atoms with Crippen molar-refractivity contribution in [2.75, 3.05) is 20.2 Å². The van der Waals surface area contributed by atoms with E-state index in [9.17, 15) is 4.79 Å². The SMILES string of the molecule is COc1cc(-c2cnn(C)c2)cc([C@@H]2CCN(C(=O)c3cc(C(C)C)n[nH]3)C2)n1. The minimum atomic E-state index is -0.0118. The molecular formula is C21H26N6O2. The third-order valence-electron chi connectivity index (χ3n) is 5.38. The van der Waals surface area contributed by atoms with Crippen LogP contribution >= 0.6 is 0 Å². The molecule has 0 aromatic carbocycles. The summed E-state index contributed by atoms with van der Waals surface area (Å²) >= 11 is 0. The second-order valence-electron chi connectivity index (χ2n) is 7.82. The summed E-state index contributed by atoms with van der Waals surface area (Å²) in [7, 11) is 3.51. The van der Waals surface area contributed by atoms with E-state index in [4.69, 9.17) is 4.74 Å². The Morgan fingerprint density at radius 1 is 1.28 bits per heavy atom. The first kappa shape index (κ1) is 19.2. The van der Waals surface area contributed by atoms with E-state index in [-0.39, 0.29) is 17.7 Å². The zero-order chi connectivity index (χ0) is 20.5. The summed E-state index contributed by atoms with van der Waals surface area (Å²) in [6.45, 7) is 5.44. The van der Waals surface area contributed by atoms with Crippen molar-refractivity contribution in [3.05, 3.63) is 47.7 Å². The first-order valence-corrected chi connectivity index (χ1v) is 9.84. The minimum Gasteiger partial charge on any atom is -0.481 e. The number of hydrogen-bond acceptors (Lipinski definition) is 5. The topological polar surface area (TPSA) is 88.9 Å². The highest BCUT2D eigenvalue weighted by Gasteiger charge is 2.30. The highest BCUT2D eigenvalue weighted by atomic mass is 16.5. The molecule has 152 valence electrons. The number of nitrogens with one attached hydrogen (secondary N) is 1. The van der Waals surface area contributed by atoms with E-state index in [0.717, 1.165) is 28.9 Å². The fourth-order valence-corrected chi connectivity index (χ4v) is 3.68. The van der Waals surface area contributed by atoms with Gasteiger partial charge in [-0.15, -0.1) is 0 Å². The van der Waals surface area contributed by atoms with Crippen LogP contribution in [0.3, 0.4) is 0 Å². The van der Waals surface area contributed by atoms with Gasteiger partial charge < -0.3 is 9.64 Å².